The molecule has 0 aromatic rings. The Hall–Kier alpha value is -1.09. The Labute approximate surface area is 150 Å². The Morgan fingerprint density at radius 2 is 1.24 bits per heavy atom. The van der Waals surface area contributed by atoms with Crippen molar-refractivity contribution < 1.29 is 27.4 Å². The first kappa shape index (κ1) is 20.2. The number of hydrogen-bond donors (Lipinski definition) is 0. The van der Waals surface area contributed by atoms with Gasteiger partial charge < -0.3 is 18.9 Å². The fourth-order valence-electron chi connectivity index (χ4n) is 2.43. The molecule has 2 aliphatic heterocycles. The molecule has 0 aromatic carbocycles. The lowest BCUT2D eigenvalue weighted by molar-refractivity contribution is -0.154. The van der Waals surface area contributed by atoms with Crippen molar-refractivity contribution in [3.8, 4) is 23.7 Å². The molecule has 6 nitrogen and oxygen atoms in total. The Morgan fingerprint density at radius 3 is 1.64 bits per heavy atom. The summed E-state index contributed by atoms with van der Waals surface area (Å²) in [5.74, 6) is 10.2. The van der Waals surface area contributed by atoms with Gasteiger partial charge in [0, 0.05) is 13.2 Å². The fourth-order valence-corrected chi connectivity index (χ4v) is 3.18. The van der Waals surface area contributed by atoms with Crippen LogP contribution in [0.3, 0.4) is 0 Å². The number of ether oxygens (including phenoxy) is 4. The number of sulfone groups is 1. The fraction of sp³-hybridized carbons (Fsp3) is 0.778. The molecule has 25 heavy (non-hydrogen) atoms. The quantitative estimate of drug-likeness (QED) is 0.660. The van der Waals surface area contributed by atoms with Crippen molar-refractivity contribution in [3.63, 3.8) is 0 Å². The standard InChI is InChI=1S/C18H26O6S/c19-25(20,15-7-5-13-23-17-9-1-3-11-21-17)16-8-6-14-24-18-10-2-4-12-22-18/h17-18H,1-4,9-16H2. The van der Waals surface area contributed by atoms with Gasteiger partial charge in [0.25, 0.3) is 0 Å². The van der Waals surface area contributed by atoms with Gasteiger partial charge in [0.05, 0.1) is 0 Å². The highest BCUT2D eigenvalue weighted by molar-refractivity contribution is 7.91. The molecule has 0 saturated carbocycles. The van der Waals surface area contributed by atoms with E-state index in [9.17, 15) is 8.42 Å². The van der Waals surface area contributed by atoms with Crippen LogP contribution in [0, 0.1) is 23.7 Å². The lowest BCUT2D eigenvalue weighted by Crippen LogP contribution is -2.22. The highest BCUT2D eigenvalue weighted by Crippen LogP contribution is 2.13. The zero-order valence-electron chi connectivity index (χ0n) is 14.5. The van der Waals surface area contributed by atoms with E-state index in [0.29, 0.717) is 13.2 Å². The van der Waals surface area contributed by atoms with Crippen LogP contribution in [0.15, 0.2) is 0 Å². The molecule has 0 aliphatic carbocycles. The molecule has 0 amide bonds. The average Bonchev–Trinajstić information content (AvgIpc) is 2.63. The van der Waals surface area contributed by atoms with Gasteiger partial charge in [-0.2, -0.15) is 0 Å². The van der Waals surface area contributed by atoms with Crippen LogP contribution in [0.25, 0.3) is 0 Å². The van der Waals surface area contributed by atoms with Crippen LogP contribution in [-0.4, -0.2) is 58.9 Å². The number of rotatable bonds is 6. The largest absolute Gasteiger partial charge is 0.353 e. The van der Waals surface area contributed by atoms with Crippen LogP contribution in [0.5, 0.6) is 0 Å². The molecule has 2 fully saturated rings. The predicted octanol–water partition coefficient (Wildman–Crippen LogP) is 1.49. The predicted molar refractivity (Wildman–Crippen MR) is 93.3 cm³/mol. The molecule has 2 atom stereocenters. The van der Waals surface area contributed by atoms with Gasteiger partial charge in [-0.1, -0.05) is 23.7 Å². The normalized spacial score (nSPS) is 23.8. The smallest absolute Gasteiger partial charge is 0.172 e. The van der Waals surface area contributed by atoms with Crippen molar-refractivity contribution in [2.24, 2.45) is 0 Å². The highest BCUT2D eigenvalue weighted by Gasteiger charge is 2.14. The molecule has 2 rings (SSSR count). The summed E-state index contributed by atoms with van der Waals surface area (Å²) in [6.07, 6.45) is 5.60. The van der Waals surface area contributed by atoms with Crippen molar-refractivity contribution in [2.45, 2.75) is 51.1 Å². The Balaban J connectivity index is 1.58. The summed E-state index contributed by atoms with van der Waals surface area (Å²) in [5.41, 5.74) is 0. The van der Waals surface area contributed by atoms with Gasteiger partial charge in [-0.15, -0.1) is 0 Å². The molecule has 2 saturated heterocycles. The van der Waals surface area contributed by atoms with Crippen LogP contribution in [0.2, 0.25) is 0 Å². The van der Waals surface area contributed by atoms with Crippen molar-refractivity contribution in [1.29, 1.82) is 0 Å². The van der Waals surface area contributed by atoms with Gasteiger partial charge in [-0.3, -0.25) is 0 Å². The summed E-state index contributed by atoms with van der Waals surface area (Å²) >= 11 is 0. The molecule has 2 aliphatic rings. The van der Waals surface area contributed by atoms with E-state index in [1.54, 1.807) is 0 Å². The Kier molecular flexibility index (Phi) is 9.31. The SMILES string of the molecule is O=S(=O)(CC#CCOC1CCCCO1)CC#CCOC1CCCCO1. The highest BCUT2D eigenvalue weighted by atomic mass is 32.2. The molecule has 140 valence electrons. The van der Waals surface area contributed by atoms with Crippen molar-refractivity contribution in [3.05, 3.63) is 0 Å². The first-order valence-corrected chi connectivity index (χ1v) is 10.6. The molecule has 2 heterocycles. The minimum atomic E-state index is -3.31. The molecule has 0 N–H and O–H groups in total. The summed E-state index contributed by atoms with van der Waals surface area (Å²) in [6.45, 7) is 1.78. The van der Waals surface area contributed by atoms with Crippen LogP contribution in [0.1, 0.15) is 38.5 Å². The molecule has 2 unspecified atom stereocenters. The maximum Gasteiger partial charge on any atom is 0.172 e. The van der Waals surface area contributed by atoms with E-state index in [0.717, 1.165) is 38.5 Å². The Morgan fingerprint density at radius 1 is 0.760 bits per heavy atom. The third-order valence-electron chi connectivity index (χ3n) is 3.79. The van der Waals surface area contributed by atoms with Gasteiger partial charge in [-0.05, 0) is 38.5 Å². The van der Waals surface area contributed by atoms with Crippen molar-refractivity contribution in [2.75, 3.05) is 37.9 Å². The second-order valence-electron chi connectivity index (χ2n) is 5.95. The van der Waals surface area contributed by atoms with Gasteiger partial charge in [0.2, 0.25) is 0 Å². The molecule has 0 spiro atoms. The zero-order valence-corrected chi connectivity index (χ0v) is 15.3. The van der Waals surface area contributed by atoms with Crippen molar-refractivity contribution in [1.82, 2.24) is 0 Å². The maximum absolute atomic E-state index is 11.8. The minimum Gasteiger partial charge on any atom is -0.353 e. The molecule has 0 radical (unpaired) electrons. The van der Waals surface area contributed by atoms with E-state index in [1.165, 1.54) is 0 Å². The van der Waals surface area contributed by atoms with Gasteiger partial charge in [0.1, 0.15) is 24.7 Å². The van der Waals surface area contributed by atoms with Gasteiger partial charge in [-0.25, -0.2) is 8.42 Å². The van der Waals surface area contributed by atoms with Crippen LogP contribution < -0.4 is 0 Å². The van der Waals surface area contributed by atoms with E-state index in [2.05, 4.69) is 23.7 Å². The molecule has 7 heteroatoms. The van der Waals surface area contributed by atoms with Crippen LogP contribution >= 0.6 is 0 Å². The van der Waals surface area contributed by atoms with E-state index in [-0.39, 0.29) is 37.3 Å². The van der Waals surface area contributed by atoms with E-state index < -0.39 is 9.84 Å². The van der Waals surface area contributed by atoms with Crippen LogP contribution in [0.4, 0.5) is 0 Å². The third kappa shape index (κ3) is 9.25. The summed E-state index contributed by atoms with van der Waals surface area (Å²) < 4.78 is 45.3. The second-order valence-corrected chi connectivity index (χ2v) is 8.02. The van der Waals surface area contributed by atoms with Crippen LogP contribution in [-0.2, 0) is 28.8 Å². The minimum absolute atomic E-state index is 0.182. The summed E-state index contributed by atoms with van der Waals surface area (Å²) in [6, 6.07) is 0. The first-order chi connectivity index (χ1) is 12.2. The molecular weight excluding hydrogens is 344 g/mol. The lowest BCUT2D eigenvalue weighted by atomic mass is 10.2. The molecular formula is C18H26O6S. The molecule has 0 bridgehead atoms. The van der Waals surface area contributed by atoms with E-state index in [4.69, 9.17) is 18.9 Å². The Bertz CT molecular complexity index is 547. The summed E-state index contributed by atoms with van der Waals surface area (Å²) in [4.78, 5) is 0. The average molecular weight is 370 g/mol. The topological polar surface area (TPSA) is 71.1 Å². The summed E-state index contributed by atoms with van der Waals surface area (Å²) in [7, 11) is -3.31. The zero-order chi connectivity index (χ0) is 17.8. The van der Waals surface area contributed by atoms with Gasteiger partial charge in [0.15, 0.2) is 22.4 Å². The monoisotopic (exact) mass is 370 g/mol. The summed E-state index contributed by atoms with van der Waals surface area (Å²) in [5, 5.41) is 0. The van der Waals surface area contributed by atoms with E-state index in [1.807, 2.05) is 0 Å². The lowest BCUT2D eigenvalue weighted by Gasteiger charge is -2.21. The van der Waals surface area contributed by atoms with E-state index >= 15 is 0 Å². The maximum atomic E-state index is 11.8. The number of hydrogen-bond acceptors (Lipinski definition) is 6. The third-order valence-corrected chi connectivity index (χ3v) is 4.96. The van der Waals surface area contributed by atoms with Gasteiger partial charge >= 0.3 is 0 Å². The second kappa shape index (κ2) is 11.5. The molecule has 0 aromatic heterocycles. The first-order valence-electron chi connectivity index (χ1n) is 8.74. The van der Waals surface area contributed by atoms with Crippen molar-refractivity contribution >= 4 is 9.84 Å².